The highest BCUT2D eigenvalue weighted by molar-refractivity contribution is 5.95. The highest BCUT2D eigenvalue weighted by Gasteiger charge is 2.65. The van der Waals surface area contributed by atoms with Crippen LogP contribution in [0, 0.1) is 19.8 Å². The average molecular weight is 874 g/mol. The van der Waals surface area contributed by atoms with E-state index in [1.165, 1.54) is 60.8 Å². The number of rotatable bonds is 16. The first-order valence-electron chi connectivity index (χ1n) is 19.8. The quantitative estimate of drug-likeness (QED) is 0.0429. The van der Waals surface area contributed by atoms with Gasteiger partial charge in [-0.25, -0.2) is 5.06 Å². The number of carbonyl (C=O) groups is 2. The molecule has 1 fully saturated rings. The maximum absolute atomic E-state index is 13.6. The molecule has 4 heterocycles. The molecule has 0 amide bonds. The molecule has 0 radical (unpaired) electrons. The number of benzene rings is 3. The van der Waals surface area contributed by atoms with Gasteiger partial charge in [-0.1, -0.05) is 29.3 Å². The number of aliphatic carboxylic acids is 1. The predicted octanol–water partition coefficient (Wildman–Crippen LogP) is 0.861. The number of aromatic hydroxyl groups is 1. The minimum atomic E-state index is -3.29. The van der Waals surface area contributed by atoms with E-state index in [4.69, 9.17) is 23.5 Å². The molecule has 3 aliphatic heterocycles. The number of nitrogens with one attached hydrogen (secondary N) is 1. The van der Waals surface area contributed by atoms with Gasteiger partial charge in [-0.15, -0.1) is 0 Å². The van der Waals surface area contributed by atoms with Crippen molar-refractivity contribution in [3.8, 4) is 22.6 Å². The molecule has 4 aromatic rings. The zero-order valence-corrected chi connectivity index (χ0v) is 34.2. The van der Waals surface area contributed by atoms with E-state index in [2.05, 4.69) is 10.3 Å². The minimum absolute atomic E-state index is 0.00436. The van der Waals surface area contributed by atoms with Crippen LogP contribution in [0.2, 0.25) is 0 Å². The number of aliphatic hydroxyl groups excluding tert-OH is 5. The molecule has 9 N–H and O–H groups in total. The van der Waals surface area contributed by atoms with Crippen molar-refractivity contribution in [2.75, 3.05) is 33.4 Å². The lowest BCUT2D eigenvalue weighted by Crippen LogP contribution is -2.75. The van der Waals surface area contributed by atoms with Crippen LogP contribution in [-0.4, -0.2) is 140 Å². The molecule has 1 aromatic heterocycles. The molecule has 8 unspecified atom stereocenters. The van der Waals surface area contributed by atoms with E-state index in [0.717, 1.165) is 11.1 Å². The number of carboxylic acids is 1. The fourth-order valence-corrected chi connectivity index (χ4v) is 8.07. The fourth-order valence-electron chi connectivity index (χ4n) is 8.07. The first kappa shape index (κ1) is 45.0. The Morgan fingerprint density at radius 1 is 1.03 bits per heavy atom. The number of hydrogen-bond donors (Lipinski definition) is 9. The van der Waals surface area contributed by atoms with Crippen LogP contribution in [0.5, 0.6) is 11.5 Å². The molecule has 1 saturated heterocycles. The van der Waals surface area contributed by atoms with E-state index in [9.17, 15) is 55.2 Å². The second kappa shape index (κ2) is 18.0. The van der Waals surface area contributed by atoms with Crippen molar-refractivity contribution in [1.82, 2.24) is 10.4 Å². The highest BCUT2D eigenvalue weighted by atomic mass is 16.8. The third kappa shape index (κ3) is 8.45. The van der Waals surface area contributed by atoms with E-state index in [-0.39, 0.29) is 41.0 Å². The Bertz CT molecular complexity index is 2520. The SMILES string of the molecule is CNC(CCO)C(C(=O)O)C(=O)OC(O)(CO)C1OC(Oc2ccc3c(=O)c(-c4ccc(O)cc4)coc3c2)C(CO)(ON2CC3=CC=NC3=C2c2cc(C)cc(C)c2)C(O)C1O. The molecule has 0 aliphatic carbocycles. The highest BCUT2D eigenvalue weighted by Crippen LogP contribution is 2.44. The van der Waals surface area contributed by atoms with Gasteiger partial charge in [0.25, 0.3) is 5.79 Å². The van der Waals surface area contributed by atoms with Crippen molar-refractivity contribution >= 4 is 34.8 Å². The van der Waals surface area contributed by atoms with Crippen molar-refractivity contribution in [3.63, 3.8) is 0 Å². The Hall–Kier alpha value is -6.00. The molecule has 0 saturated carbocycles. The van der Waals surface area contributed by atoms with Crippen molar-refractivity contribution in [2.45, 2.75) is 62.3 Å². The molecular weight excluding hydrogens is 826 g/mol. The molecule has 3 aromatic carbocycles. The normalized spacial score (nSPS) is 23.9. The van der Waals surface area contributed by atoms with Gasteiger partial charge in [0.05, 0.1) is 35.5 Å². The van der Waals surface area contributed by atoms with Gasteiger partial charge in [0.15, 0.2) is 17.5 Å². The third-order valence-electron chi connectivity index (χ3n) is 11.2. The summed E-state index contributed by atoms with van der Waals surface area (Å²) in [6, 6.07) is 14.4. The number of fused-ring (bicyclic) bond motifs is 2. The lowest BCUT2D eigenvalue weighted by Gasteiger charge is -2.52. The maximum atomic E-state index is 13.6. The molecule has 0 bridgehead atoms. The summed E-state index contributed by atoms with van der Waals surface area (Å²) in [5, 5.41) is 90.7. The molecule has 7 rings (SSSR count). The Balaban J connectivity index is 1.30. The maximum Gasteiger partial charge on any atom is 0.324 e. The van der Waals surface area contributed by atoms with Gasteiger partial charge < -0.3 is 64.8 Å². The van der Waals surface area contributed by atoms with Crippen LogP contribution < -0.4 is 15.5 Å². The zero-order chi connectivity index (χ0) is 45.4. The lowest BCUT2D eigenvalue weighted by atomic mass is 9.84. The lowest BCUT2D eigenvalue weighted by molar-refractivity contribution is -0.408. The number of ether oxygens (including phenoxy) is 3. The summed E-state index contributed by atoms with van der Waals surface area (Å²) in [7, 11) is 1.33. The van der Waals surface area contributed by atoms with E-state index < -0.39 is 85.1 Å². The Morgan fingerprint density at radius 3 is 2.38 bits per heavy atom. The molecule has 63 heavy (non-hydrogen) atoms. The minimum Gasteiger partial charge on any atom is -0.508 e. The van der Waals surface area contributed by atoms with Crippen LogP contribution in [0.25, 0.3) is 27.8 Å². The molecule has 19 nitrogen and oxygen atoms in total. The number of carboxylic acid groups (broad SMARTS) is 1. The van der Waals surface area contributed by atoms with Gasteiger partial charge in [0.1, 0.15) is 42.2 Å². The van der Waals surface area contributed by atoms with Crippen molar-refractivity contribution in [1.29, 1.82) is 0 Å². The second-order valence-corrected chi connectivity index (χ2v) is 15.6. The van der Waals surface area contributed by atoms with Crippen LogP contribution in [-0.2, 0) is 23.9 Å². The Kier molecular flexibility index (Phi) is 12.9. The van der Waals surface area contributed by atoms with Crippen LogP contribution in [0.3, 0.4) is 0 Å². The zero-order valence-electron chi connectivity index (χ0n) is 34.2. The van der Waals surface area contributed by atoms with E-state index in [0.29, 0.717) is 28.1 Å². The van der Waals surface area contributed by atoms with Gasteiger partial charge in [-0.3, -0.25) is 24.2 Å². The summed E-state index contributed by atoms with van der Waals surface area (Å²) < 4.78 is 23.4. The first-order chi connectivity index (χ1) is 30.1. The number of esters is 1. The largest absolute Gasteiger partial charge is 0.508 e. The topological polar surface area (TPSA) is 291 Å². The molecule has 8 atom stereocenters. The summed E-state index contributed by atoms with van der Waals surface area (Å²) in [5.41, 5.74) is 1.76. The van der Waals surface area contributed by atoms with Gasteiger partial charge in [-0.2, -0.15) is 0 Å². The third-order valence-corrected chi connectivity index (χ3v) is 11.2. The summed E-state index contributed by atoms with van der Waals surface area (Å²) in [6.07, 6.45) is -4.79. The Morgan fingerprint density at radius 2 is 1.75 bits per heavy atom. The summed E-state index contributed by atoms with van der Waals surface area (Å²) in [5.74, 6) is -8.80. The fraction of sp³-hybridized carbons (Fsp3) is 0.364. The average Bonchev–Trinajstić information content (AvgIpc) is 3.84. The molecule has 334 valence electrons. The van der Waals surface area contributed by atoms with Crippen molar-refractivity contribution < 1.29 is 73.9 Å². The number of nitrogens with zero attached hydrogens (tertiary/aromatic N) is 2. The van der Waals surface area contributed by atoms with E-state index >= 15 is 0 Å². The van der Waals surface area contributed by atoms with Crippen LogP contribution in [0.1, 0.15) is 23.1 Å². The standard InChI is InChI=1S/C44H47N3O16/c1-22-14-23(2)16-26(15-22)35-34-25(10-12-46-34)18-47(35)63-43(20-49)38(54)37(53)39(44(58,21-50)62-41(57)33(40(55)56)31(45-3)11-13-48)61-42(43)60-28-8-9-29-32(17-28)59-19-30(36(29)52)24-4-6-27(51)7-5-24/h4-10,12,14-17,19,31,33,37-39,42,45,48-51,53-54,58H,11,13,18,20-21H2,1-3H3,(H,55,56). The van der Waals surface area contributed by atoms with Crippen LogP contribution in [0.15, 0.2) is 98.5 Å². The number of carbonyl (C=O) groups excluding carboxylic acids is 1. The number of hydrogen-bond acceptors (Lipinski definition) is 18. The predicted molar refractivity (Wildman–Crippen MR) is 222 cm³/mol. The van der Waals surface area contributed by atoms with E-state index in [1.54, 1.807) is 12.3 Å². The second-order valence-electron chi connectivity index (χ2n) is 15.6. The van der Waals surface area contributed by atoms with E-state index in [1.807, 2.05) is 32.0 Å². The number of allylic oxidation sites excluding steroid dienone is 1. The van der Waals surface area contributed by atoms with Crippen LogP contribution in [0.4, 0.5) is 0 Å². The monoisotopic (exact) mass is 873 g/mol. The van der Waals surface area contributed by atoms with Gasteiger partial charge >= 0.3 is 11.9 Å². The Labute approximate surface area is 358 Å². The molecule has 3 aliphatic rings. The summed E-state index contributed by atoms with van der Waals surface area (Å²) >= 11 is 0. The summed E-state index contributed by atoms with van der Waals surface area (Å²) in [4.78, 5) is 50.4. The van der Waals surface area contributed by atoms with Gasteiger partial charge in [-0.05, 0) is 75.4 Å². The molecular formula is C44H47N3O16. The number of phenols is 1. The van der Waals surface area contributed by atoms with Gasteiger partial charge in [0.2, 0.25) is 11.9 Å². The van der Waals surface area contributed by atoms with Gasteiger partial charge in [0, 0.05) is 36.1 Å². The van der Waals surface area contributed by atoms with Crippen LogP contribution >= 0.6 is 0 Å². The smallest absolute Gasteiger partial charge is 0.324 e. The summed E-state index contributed by atoms with van der Waals surface area (Å²) in [6.45, 7) is 0.590. The number of phenolic OH excluding ortho intramolecular Hbond substituents is 1. The molecule has 0 spiro atoms. The first-order valence-corrected chi connectivity index (χ1v) is 19.8. The number of aliphatic imine (C=N–C) groups is 1. The van der Waals surface area contributed by atoms with Crippen molar-refractivity contribution in [2.24, 2.45) is 10.9 Å². The number of hydroxylamine groups is 2. The van der Waals surface area contributed by atoms with Crippen molar-refractivity contribution in [3.05, 3.63) is 111 Å². The number of aryl methyl sites for hydroxylation is 2. The number of aliphatic hydroxyl groups is 6. The molecule has 19 heteroatoms.